The summed E-state index contributed by atoms with van der Waals surface area (Å²) in [4.78, 5) is 17.4. The van der Waals surface area contributed by atoms with Gasteiger partial charge in [-0.2, -0.15) is 5.26 Å². The molecule has 0 bridgehead atoms. The number of carbonyl (C=O) groups is 1. The van der Waals surface area contributed by atoms with E-state index in [-0.39, 0.29) is 11.2 Å². The molecule has 5 rings (SSSR count). The Bertz CT molecular complexity index is 1120. The van der Waals surface area contributed by atoms with Gasteiger partial charge in [-0.15, -0.1) is 23.5 Å². The van der Waals surface area contributed by atoms with E-state index < -0.39 is 5.91 Å². The van der Waals surface area contributed by atoms with Gasteiger partial charge in [-0.05, 0) is 23.9 Å². The molecule has 1 saturated heterocycles. The van der Waals surface area contributed by atoms with Crippen molar-refractivity contribution in [2.24, 2.45) is 4.99 Å². The summed E-state index contributed by atoms with van der Waals surface area (Å²) in [5.41, 5.74) is 3.25. The number of thioether (sulfide) groups is 2. The molecule has 4 nitrogen and oxygen atoms in total. The average molecular weight is 393 g/mol. The molecular formula is C21H16N2O2S2. The van der Waals surface area contributed by atoms with Crippen molar-refractivity contribution in [3.63, 3.8) is 0 Å². The molecule has 0 radical (unpaired) electrons. The van der Waals surface area contributed by atoms with Crippen molar-refractivity contribution < 1.29 is 9.53 Å². The number of carbonyl (C=O) groups excluding carboxylic acids is 1. The number of allylic oxidation sites excluding steroid dienone is 1. The largest absolute Gasteiger partial charge is 0.363 e. The van der Waals surface area contributed by atoms with Crippen LogP contribution in [-0.4, -0.2) is 34.2 Å². The van der Waals surface area contributed by atoms with E-state index >= 15 is 0 Å². The zero-order valence-electron chi connectivity index (χ0n) is 14.9. The minimum atomic E-state index is -0.430. The lowest BCUT2D eigenvalue weighted by molar-refractivity contribution is -0.113. The third-order valence-corrected chi connectivity index (χ3v) is 8.10. The molecule has 2 aliphatic heterocycles. The van der Waals surface area contributed by atoms with Gasteiger partial charge in [0.1, 0.15) is 11.6 Å². The maximum Gasteiger partial charge on any atom is 0.288 e. The van der Waals surface area contributed by atoms with Gasteiger partial charge < -0.3 is 4.74 Å². The van der Waals surface area contributed by atoms with Crippen molar-refractivity contribution in [3.8, 4) is 6.07 Å². The number of hydrogen-bond donors (Lipinski definition) is 0. The number of nitriles is 1. The molecule has 3 aliphatic rings. The molecule has 2 unspecified atom stereocenters. The lowest BCUT2D eigenvalue weighted by atomic mass is 10.0. The third kappa shape index (κ3) is 2.35. The second kappa shape index (κ2) is 5.96. The van der Waals surface area contributed by atoms with E-state index in [0.717, 1.165) is 33.6 Å². The fourth-order valence-corrected chi connectivity index (χ4v) is 6.41. The highest BCUT2D eigenvalue weighted by Crippen LogP contribution is 2.47. The third-order valence-electron chi connectivity index (χ3n) is 5.58. The van der Waals surface area contributed by atoms with Crippen molar-refractivity contribution in [1.29, 1.82) is 5.26 Å². The quantitative estimate of drug-likeness (QED) is 0.724. The molecule has 0 N–H and O–H groups in total. The summed E-state index contributed by atoms with van der Waals surface area (Å²) in [6.07, 6.45) is 0. The summed E-state index contributed by atoms with van der Waals surface area (Å²) in [6.45, 7) is 4.40. The van der Waals surface area contributed by atoms with Crippen LogP contribution in [0.5, 0.6) is 0 Å². The Morgan fingerprint density at radius 1 is 1.33 bits per heavy atom. The first-order valence-corrected chi connectivity index (χ1v) is 10.8. The van der Waals surface area contributed by atoms with Crippen molar-refractivity contribution in [3.05, 3.63) is 47.0 Å². The maximum atomic E-state index is 12.1. The van der Waals surface area contributed by atoms with Gasteiger partial charge >= 0.3 is 0 Å². The highest BCUT2D eigenvalue weighted by Gasteiger charge is 2.39. The second-order valence-corrected chi connectivity index (χ2v) is 9.47. The van der Waals surface area contributed by atoms with Crippen molar-refractivity contribution in [1.82, 2.24) is 0 Å². The van der Waals surface area contributed by atoms with E-state index in [1.165, 1.54) is 4.90 Å². The number of aliphatic imine (C=N–C) groups is 1. The first-order valence-electron chi connectivity index (χ1n) is 8.76. The zero-order chi connectivity index (χ0) is 18.8. The van der Waals surface area contributed by atoms with Crippen LogP contribution < -0.4 is 0 Å². The molecule has 134 valence electrons. The number of amides is 1. The van der Waals surface area contributed by atoms with Crippen molar-refractivity contribution >= 4 is 51.5 Å². The fourth-order valence-electron chi connectivity index (χ4n) is 3.90. The van der Waals surface area contributed by atoms with Gasteiger partial charge in [0.15, 0.2) is 0 Å². The molecule has 1 fully saturated rings. The second-order valence-electron chi connectivity index (χ2n) is 7.15. The van der Waals surface area contributed by atoms with Crippen LogP contribution in [0, 0.1) is 11.3 Å². The number of ether oxygens (including phenoxy) is 1. The number of benzene rings is 2. The minimum absolute atomic E-state index is 0.137. The van der Waals surface area contributed by atoms with E-state index in [9.17, 15) is 10.1 Å². The lowest BCUT2D eigenvalue weighted by Gasteiger charge is -2.29. The zero-order valence-corrected chi connectivity index (χ0v) is 16.5. The summed E-state index contributed by atoms with van der Waals surface area (Å²) in [5.74, 6) is 1.32. The van der Waals surface area contributed by atoms with Gasteiger partial charge in [0.2, 0.25) is 0 Å². The summed E-state index contributed by atoms with van der Waals surface area (Å²) in [6, 6.07) is 12.3. The standard InChI is InChI=1S/C21H16N2O2S2/c1-11(21(2)9-26-10-25-21)27-16-7-6-13-17-12(16)4-3-5-14(17)19-18(13)15(8-22)20(24)23-19/h3-7,11H,9-10H2,1-2H3. The van der Waals surface area contributed by atoms with Crippen LogP contribution in [0.15, 0.2) is 45.8 Å². The van der Waals surface area contributed by atoms with E-state index in [1.807, 2.05) is 47.8 Å². The average Bonchev–Trinajstić information content (AvgIpc) is 3.33. The molecule has 2 aromatic carbocycles. The van der Waals surface area contributed by atoms with Gasteiger partial charge in [-0.25, -0.2) is 4.99 Å². The van der Waals surface area contributed by atoms with Crippen LogP contribution in [0.3, 0.4) is 0 Å². The summed E-state index contributed by atoms with van der Waals surface area (Å²) < 4.78 is 5.99. The molecule has 0 aromatic heterocycles. The van der Waals surface area contributed by atoms with Crippen molar-refractivity contribution in [2.75, 3.05) is 11.7 Å². The Balaban J connectivity index is 1.65. The molecule has 0 spiro atoms. The molecule has 1 aliphatic carbocycles. The van der Waals surface area contributed by atoms with E-state index in [2.05, 4.69) is 31.0 Å². The highest BCUT2D eigenvalue weighted by molar-refractivity contribution is 8.01. The molecule has 2 atom stereocenters. The normalized spacial score (nSPS) is 24.3. The molecule has 2 aromatic rings. The molecule has 27 heavy (non-hydrogen) atoms. The Kier molecular flexibility index (Phi) is 3.77. The van der Waals surface area contributed by atoms with Crippen LogP contribution in [0.4, 0.5) is 0 Å². The Morgan fingerprint density at radius 3 is 2.93 bits per heavy atom. The van der Waals surface area contributed by atoms with E-state index in [1.54, 1.807) is 0 Å². The monoisotopic (exact) mass is 392 g/mol. The summed E-state index contributed by atoms with van der Waals surface area (Å²) in [5, 5.41) is 12.0. The van der Waals surface area contributed by atoms with Gasteiger partial charge in [-0.1, -0.05) is 31.2 Å². The highest BCUT2D eigenvalue weighted by atomic mass is 32.2. The van der Waals surface area contributed by atoms with Gasteiger partial charge in [0, 0.05) is 32.4 Å². The fraction of sp³-hybridized carbons (Fsp3) is 0.286. The minimum Gasteiger partial charge on any atom is -0.363 e. The van der Waals surface area contributed by atoms with E-state index in [0.29, 0.717) is 16.5 Å². The van der Waals surface area contributed by atoms with Crippen LogP contribution >= 0.6 is 23.5 Å². The SMILES string of the molecule is CC(Sc1ccc2c3c(cccc13)C1=NC(=O)C(C#N)=C12)C1(C)CSCO1. The Morgan fingerprint density at radius 2 is 2.19 bits per heavy atom. The first-order chi connectivity index (χ1) is 13.0. The number of fused-ring (bicyclic) bond motifs is 3. The predicted octanol–water partition coefficient (Wildman–Crippen LogP) is 4.42. The van der Waals surface area contributed by atoms with Crippen LogP contribution in [-0.2, 0) is 9.53 Å². The molecular weight excluding hydrogens is 376 g/mol. The maximum absolute atomic E-state index is 12.1. The van der Waals surface area contributed by atoms with Gasteiger partial charge in [0.25, 0.3) is 5.91 Å². The number of hydrogen-bond acceptors (Lipinski definition) is 5. The van der Waals surface area contributed by atoms with E-state index in [4.69, 9.17) is 4.74 Å². The topological polar surface area (TPSA) is 62.5 Å². The summed E-state index contributed by atoms with van der Waals surface area (Å²) >= 11 is 3.66. The molecule has 0 saturated carbocycles. The van der Waals surface area contributed by atoms with Crippen molar-refractivity contribution in [2.45, 2.75) is 29.6 Å². The summed E-state index contributed by atoms with van der Waals surface area (Å²) in [7, 11) is 0. The molecule has 6 heteroatoms. The number of nitrogens with zero attached hydrogens (tertiary/aromatic N) is 2. The molecule has 2 heterocycles. The first kappa shape index (κ1) is 17.1. The van der Waals surface area contributed by atoms with Crippen LogP contribution in [0.2, 0.25) is 0 Å². The Hall–Kier alpha value is -2.07. The van der Waals surface area contributed by atoms with Crippen LogP contribution in [0.25, 0.3) is 16.3 Å². The van der Waals surface area contributed by atoms with Gasteiger partial charge in [-0.3, -0.25) is 4.79 Å². The number of rotatable bonds is 3. The smallest absolute Gasteiger partial charge is 0.288 e. The van der Waals surface area contributed by atoms with Gasteiger partial charge in [0.05, 0.1) is 17.3 Å². The Labute approximate surface area is 165 Å². The lowest BCUT2D eigenvalue weighted by Crippen LogP contribution is -2.37. The van der Waals surface area contributed by atoms with Crippen LogP contribution in [0.1, 0.15) is 25.0 Å². The predicted molar refractivity (Wildman–Crippen MR) is 110 cm³/mol. The molecule has 1 amide bonds.